The van der Waals surface area contributed by atoms with Gasteiger partial charge in [-0.3, -0.25) is 11.3 Å². The zero-order chi connectivity index (χ0) is 14.8. The van der Waals surface area contributed by atoms with Gasteiger partial charge >= 0.3 is 0 Å². The second-order valence-electron chi connectivity index (χ2n) is 5.24. The molecule has 3 rings (SSSR count). The van der Waals surface area contributed by atoms with Gasteiger partial charge in [0.15, 0.2) is 0 Å². The van der Waals surface area contributed by atoms with E-state index in [0.717, 1.165) is 21.4 Å². The van der Waals surface area contributed by atoms with Gasteiger partial charge in [-0.05, 0) is 42.5 Å². The van der Waals surface area contributed by atoms with Crippen molar-refractivity contribution in [2.45, 2.75) is 19.4 Å². The molecule has 0 amide bonds. The second-order valence-corrected chi connectivity index (χ2v) is 6.36. The molecule has 21 heavy (non-hydrogen) atoms. The molecule has 0 saturated heterocycles. The number of fused-ring (bicyclic) bond motifs is 1. The van der Waals surface area contributed by atoms with Gasteiger partial charge in [0.05, 0.1) is 6.04 Å². The quantitative estimate of drug-likeness (QED) is 0.562. The van der Waals surface area contributed by atoms with E-state index in [1.54, 1.807) is 17.4 Å². The molecule has 0 aliphatic carbocycles. The lowest BCUT2D eigenvalue weighted by molar-refractivity contribution is 0.561. The van der Waals surface area contributed by atoms with Crippen LogP contribution in [0.15, 0.2) is 48.5 Å². The van der Waals surface area contributed by atoms with E-state index < -0.39 is 0 Å². The molecule has 1 atom stereocenters. The Bertz CT molecular complexity index is 766. The van der Waals surface area contributed by atoms with Gasteiger partial charge < -0.3 is 0 Å². The Labute approximate surface area is 127 Å². The Morgan fingerprint density at radius 1 is 1.19 bits per heavy atom. The van der Waals surface area contributed by atoms with Gasteiger partial charge in [-0.25, -0.2) is 4.39 Å². The molecular weight excluding hydrogens is 283 g/mol. The number of nitrogens with one attached hydrogen (secondary N) is 1. The zero-order valence-electron chi connectivity index (χ0n) is 11.8. The fourth-order valence-corrected chi connectivity index (χ4v) is 3.66. The smallest absolute Gasteiger partial charge is 0.124 e. The van der Waals surface area contributed by atoms with Crippen molar-refractivity contribution in [3.05, 3.63) is 70.4 Å². The molecule has 1 aromatic heterocycles. The Morgan fingerprint density at radius 3 is 2.81 bits per heavy atom. The number of aryl methyl sites for hydroxylation is 1. The van der Waals surface area contributed by atoms with Crippen LogP contribution in [0.4, 0.5) is 4.39 Å². The van der Waals surface area contributed by atoms with Gasteiger partial charge in [0.1, 0.15) is 5.82 Å². The summed E-state index contributed by atoms with van der Waals surface area (Å²) in [6.45, 7) is 2.08. The number of hydrogen-bond donors (Lipinski definition) is 2. The van der Waals surface area contributed by atoms with Crippen LogP contribution in [-0.4, -0.2) is 0 Å². The zero-order valence-corrected chi connectivity index (χ0v) is 12.6. The summed E-state index contributed by atoms with van der Waals surface area (Å²) in [6, 6.07) is 15.4. The Morgan fingerprint density at radius 2 is 2.05 bits per heavy atom. The largest absolute Gasteiger partial charge is 0.271 e. The molecule has 0 radical (unpaired) electrons. The van der Waals surface area contributed by atoms with Gasteiger partial charge in [-0.15, -0.1) is 11.3 Å². The van der Waals surface area contributed by atoms with Crippen molar-refractivity contribution in [2.75, 3.05) is 0 Å². The van der Waals surface area contributed by atoms with Crippen LogP contribution in [0.25, 0.3) is 10.1 Å². The third-order valence-corrected chi connectivity index (χ3v) is 4.78. The molecule has 0 saturated carbocycles. The van der Waals surface area contributed by atoms with Crippen LogP contribution in [0, 0.1) is 12.7 Å². The molecular formula is C17H17FN2S. The highest BCUT2D eigenvalue weighted by Crippen LogP contribution is 2.31. The van der Waals surface area contributed by atoms with Crippen LogP contribution in [0.5, 0.6) is 0 Å². The lowest BCUT2D eigenvalue weighted by atomic mass is 10.0. The van der Waals surface area contributed by atoms with E-state index in [1.165, 1.54) is 17.2 Å². The molecule has 0 aliphatic heterocycles. The summed E-state index contributed by atoms with van der Waals surface area (Å²) in [5, 5.41) is 1.06. The third kappa shape index (κ3) is 3.13. The lowest BCUT2D eigenvalue weighted by Gasteiger charge is -2.14. The predicted molar refractivity (Wildman–Crippen MR) is 86.7 cm³/mol. The van der Waals surface area contributed by atoms with Crippen LogP contribution in [0.3, 0.4) is 0 Å². The molecule has 0 bridgehead atoms. The molecule has 2 nitrogen and oxygen atoms in total. The number of nitrogens with two attached hydrogens (primary N) is 1. The molecule has 1 unspecified atom stereocenters. The van der Waals surface area contributed by atoms with Crippen LogP contribution < -0.4 is 11.3 Å². The normalized spacial score (nSPS) is 12.7. The predicted octanol–water partition coefficient (Wildman–Crippen LogP) is 4.10. The van der Waals surface area contributed by atoms with Gasteiger partial charge in [-0.2, -0.15) is 0 Å². The van der Waals surface area contributed by atoms with Crippen molar-refractivity contribution >= 4 is 21.4 Å². The van der Waals surface area contributed by atoms with E-state index in [1.807, 2.05) is 6.07 Å². The monoisotopic (exact) mass is 300 g/mol. The maximum absolute atomic E-state index is 13.3. The van der Waals surface area contributed by atoms with E-state index in [4.69, 9.17) is 5.84 Å². The Balaban J connectivity index is 1.90. The first-order valence-electron chi connectivity index (χ1n) is 6.86. The van der Waals surface area contributed by atoms with Crippen molar-refractivity contribution in [3.63, 3.8) is 0 Å². The first-order chi connectivity index (χ1) is 10.2. The number of thiophene rings is 1. The van der Waals surface area contributed by atoms with Crippen molar-refractivity contribution in [1.29, 1.82) is 0 Å². The van der Waals surface area contributed by atoms with Gasteiger partial charge in [0.2, 0.25) is 0 Å². The second kappa shape index (κ2) is 5.93. The minimum absolute atomic E-state index is 0.0345. The first kappa shape index (κ1) is 14.2. The Kier molecular flexibility index (Phi) is 4.01. The molecule has 0 fully saturated rings. The standard InChI is InChI=1S/C17H17FN2S/c1-11-3-2-4-12(7-11)8-15(20-19)17-9-13-5-6-14(18)10-16(13)21-17/h2-7,9-10,15,20H,8,19H2,1H3. The summed E-state index contributed by atoms with van der Waals surface area (Å²) in [5.41, 5.74) is 5.35. The fourth-order valence-electron chi connectivity index (χ4n) is 2.51. The van der Waals surface area contributed by atoms with E-state index in [9.17, 15) is 4.39 Å². The Hall–Kier alpha value is -1.75. The summed E-state index contributed by atoms with van der Waals surface area (Å²) < 4.78 is 14.2. The van der Waals surface area contributed by atoms with Crippen molar-refractivity contribution in [3.8, 4) is 0 Å². The summed E-state index contributed by atoms with van der Waals surface area (Å²) in [7, 11) is 0. The average Bonchev–Trinajstić information content (AvgIpc) is 2.87. The average molecular weight is 300 g/mol. The highest BCUT2D eigenvalue weighted by Gasteiger charge is 2.14. The summed E-state index contributed by atoms with van der Waals surface area (Å²) in [5.74, 6) is 5.52. The van der Waals surface area contributed by atoms with Gasteiger partial charge in [0, 0.05) is 9.58 Å². The van der Waals surface area contributed by atoms with Crippen LogP contribution in [0.2, 0.25) is 0 Å². The minimum atomic E-state index is -0.202. The molecule has 108 valence electrons. The third-order valence-electron chi connectivity index (χ3n) is 3.57. The molecule has 1 heterocycles. The SMILES string of the molecule is Cc1cccc(CC(NN)c2cc3ccc(F)cc3s2)c1. The van der Waals surface area contributed by atoms with E-state index >= 15 is 0 Å². The van der Waals surface area contributed by atoms with Crippen molar-refractivity contribution < 1.29 is 4.39 Å². The maximum Gasteiger partial charge on any atom is 0.124 e. The lowest BCUT2D eigenvalue weighted by Crippen LogP contribution is -2.28. The molecule has 2 aromatic carbocycles. The van der Waals surface area contributed by atoms with Crippen LogP contribution >= 0.6 is 11.3 Å². The van der Waals surface area contributed by atoms with Crippen molar-refractivity contribution in [1.82, 2.24) is 5.43 Å². The highest BCUT2D eigenvalue weighted by molar-refractivity contribution is 7.19. The summed E-state index contributed by atoms with van der Waals surface area (Å²) in [6.07, 6.45) is 0.813. The minimum Gasteiger partial charge on any atom is -0.271 e. The van der Waals surface area contributed by atoms with Crippen LogP contribution in [-0.2, 0) is 6.42 Å². The molecule has 3 aromatic rings. The van der Waals surface area contributed by atoms with E-state index in [0.29, 0.717) is 0 Å². The van der Waals surface area contributed by atoms with Gasteiger partial charge in [0.25, 0.3) is 0 Å². The maximum atomic E-state index is 13.3. The molecule has 0 spiro atoms. The summed E-state index contributed by atoms with van der Waals surface area (Å²) in [4.78, 5) is 1.12. The number of rotatable bonds is 4. The topological polar surface area (TPSA) is 38.0 Å². The van der Waals surface area contributed by atoms with E-state index in [2.05, 4.69) is 42.7 Å². The number of benzene rings is 2. The fraction of sp³-hybridized carbons (Fsp3) is 0.176. The molecule has 3 N–H and O–H groups in total. The highest BCUT2D eigenvalue weighted by atomic mass is 32.1. The van der Waals surface area contributed by atoms with E-state index in [-0.39, 0.29) is 11.9 Å². The van der Waals surface area contributed by atoms with Crippen molar-refractivity contribution in [2.24, 2.45) is 5.84 Å². The van der Waals surface area contributed by atoms with Gasteiger partial charge in [-0.1, -0.05) is 35.9 Å². The summed E-state index contributed by atoms with van der Waals surface area (Å²) >= 11 is 1.59. The first-order valence-corrected chi connectivity index (χ1v) is 7.68. The molecule has 4 heteroatoms. The molecule has 0 aliphatic rings. The number of hydrazine groups is 1. The number of hydrogen-bond acceptors (Lipinski definition) is 3. The number of halogens is 1. The van der Waals surface area contributed by atoms with Crippen LogP contribution in [0.1, 0.15) is 22.0 Å².